The number of aryl methyl sites for hydroxylation is 2. The van der Waals surface area contributed by atoms with E-state index in [1.807, 2.05) is 73.1 Å². The molecule has 0 saturated heterocycles. The Morgan fingerprint density at radius 2 is 1.65 bits per heavy atom. The van der Waals surface area contributed by atoms with Crippen LogP contribution in [0.2, 0.25) is 0 Å². The minimum Gasteiger partial charge on any atom is -0.339 e. The second-order valence-electron chi connectivity index (χ2n) is 4.87. The van der Waals surface area contributed by atoms with Crippen molar-refractivity contribution in [2.75, 3.05) is 5.32 Å². The Kier molecular flexibility index (Phi) is 3.03. The van der Waals surface area contributed by atoms with Crippen molar-refractivity contribution in [3.8, 4) is 0 Å². The topological polar surface area (TPSA) is 34.0 Å². The average Bonchev–Trinajstić information content (AvgIpc) is 2.72. The van der Waals surface area contributed by atoms with E-state index in [1.54, 1.807) is 0 Å². The number of hydrogen-bond donors (Lipinski definition) is 1. The summed E-state index contributed by atoms with van der Waals surface area (Å²) in [7, 11) is 1.93. The Bertz CT molecular complexity index is 733. The number of carbonyl (C=O) groups excluding carboxylic acids is 1. The summed E-state index contributed by atoms with van der Waals surface area (Å²) >= 11 is 0. The third kappa shape index (κ3) is 1.97. The average molecular weight is 264 g/mol. The molecule has 0 aliphatic rings. The predicted molar refractivity (Wildman–Crippen MR) is 82.1 cm³/mol. The van der Waals surface area contributed by atoms with Crippen molar-refractivity contribution in [1.29, 1.82) is 0 Å². The number of benzene rings is 2. The first-order valence-electron chi connectivity index (χ1n) is 6.59. The van der Waals surface area contributed by atoms with Crippen molar-refractivity contribution in [3.63, 3.8) is 0 Å². The van der Waals surface area contributed by atoms with Crippen molar-refractivity contribution in [2.24, 2.45) is 7.05 Å². The number of carbonyl (C=O) groups is 1. The molecule has 20 heavy (non-hydrogen) atoms. The van der Waals surface area contributed by atoms with Crippen LogP contribution in [0.4, 0.5) is 5.69 Å². The normalized spacial score (nSPS) is 10.7. The molecule has 2 aromatic carbocycles. The lowest BCUT2D eigenvalue weighted by atomic mass is 10.1. The molecule has 0 spiro atoms. The molecule has 0 radical (unpaired) electrons. The van der Waals surface area contributed by atoms with E-state index in [-0.39, 0.29) is 5.91 Å². The van der Waals surface area contributed by atoms with Gasteiger partial charge in [0.05, 0.1) is 0 Å². The first-order valence-corrected chi connectivity index (χ1v) is 6.59. The van der Waals surface area contributed by atoms with E-state index in [1.165, 1.54) is 0 Å². The number of aromatic nitrogens is 1. The van der Waals surface area contributed by atoms with Crippen molar-refractivity contribution in [2.45, 2.75) is 6.92 Å². The van der Waals surface area contributed by atoms with E-state index < -0.39 is 0 Å². The van der Waals surface area contributed by atoms with Gasteiger partial charge in [-0.05, 0) is 30.7 Å². The number of hydrogen-bond acceptors (Lipinski definition) is 1. The van der Waals surface area contributed by atoms with Gasteiger partial charge in [-0.1, -0.05) is 36.4 Å². The third-order valence-electron chi connectivity index (χ3n) is 3.61. The molecule has 0 unspecified atom stereocenters. The minimum absolute atomic E-state index is 0.0765. The molecule has 0 fully saturated rings. The van der Waals surface area contributed by atoms with E-state index >= 15 is 0 Å². The standard InChI is InChI=1S/C17H16N2O/c1-12-14-10-6-7-11-15(14)19(2)16(12)17(20)18-13-8-4-3-5-9-13/h3-11H,1-2H3,(H,18,20). The van der Waals surface area contributed by atoms with Gasteiger partial charge in [0.15, 0.2) is 0 Å². The van der Waals surface area contributed by atoms with Crippen LogP contribution in [0, 0.1) is 6.92 Å². The second kappa shape index (κ2) is 4.85. The lowest BCUT2D eigenvalue weighted by Gasteiger charge is -2.07. The molecule has 3 rings (SSSR count). The summed E-state index contributed by atoms with van der Waals surface area (Å²) in [5, 5.41) is 4.06. The first kappa shape index (κ1) is 12.5. The maximum atomic E-state index is 12.5. The maximum Gasteiger partial charge on any atom is 0.272 e. The zero-order chi connectivity index (χ0) is 14.1. The molecule has 0 atom stereocenters. The van der Waals surface area contributed by atoms with Crippen LogP contribution < -0.4 is 5.32 Å². The van der Waals surface area contributed by atoms with Gasteiger partial charge in [0.2, 0.25) is 0 Å². The fourth-order valence-corrected chi connectivity index (χ4v) is 2.62. The number of nitrogens with zero attached hydrogens (tertiary/aromatic N) is 1. The summed E-state index contributed by atoms with van der Waals surface area (Å²) in [5.74, 6) is -0.0765. The third-order valence-corrected chi connectivity index (χ3v) is 3.61. The largest absolute Gasteiger partial charge is 0.339 e. The van der Waals surface area contributed by atoms with Gasteiger partial charge in [-0.25, -0.2) is 0 Å². The minimum atomic E-state index is -0.0765. The van der Waals surface area contributed by atoms with Crippen LogP contribution in [-0.4, -0.2) is 10.5 Å². The van der Waals surface area contributed by atoms with Crippen molar-refractivity contribution >= 4 is 22.5 Å². The van der Waals surface area contributed by atoms with E-state index in [0.29, 0.717) is 5.69 Å². The molecule has 0 aliphatic heterocycles. The number of anilines is 1. The molecule has 1 aromatic heterocycles. The lowest BCUT2D eigenvalue weighted by molar-refractivity contribution is 0.101. The summed E-state index contributed by atoms with van der Waals surface area (Å²) in [6.45, 7) is 1.99. The van der Waals surface area contributed by atoms with Gasteiger partial charge in [0, 0.05) is 23.6 Å². The van der Waals surface area contributed by atoms with Gasteiger partial charge in [-0.3, -0.25) is 4.79 Å². The van der Waals surface area contributed by atoms with Crippen LogP contribution in [-0.2, 0) is 7.05 Å². The van der Waals surface area contributed by atoms with Crippen LogP contribution >= 0.6 is 0 Å². The molecule has 1 heterocycles. The van der Waals surface area contributed by atoms with Gasteiger partial charge in [-0.2, -0.15) is 0 Å². The lowest BCUT2D eigenvalue weighted by Crippen LogP contribution is -2.16. The first-order chi connectivity index (χ1) is 9.68. The number of fused-ring (bicyclic) bond motifs is 1. The van der Waals surface area contributed by atoms with Crippen LogP contribution in [0.3, 0.4) is 0 Å². The van der Waals surface area contributed by atoms with Crippen molar-refractivity contribution in [3.05, 3.63) is 65.9 Å². The number of nitrogens with one attached hydrogen (secondary N) is 1. The summed E-state index contributed by atoms with van der Waals surface area (Å²) in [6, 6.07) is 17.6. The Balaban J connectivity index is 2.04. The van der Waals surface area contributed by atoms with Crippen molar-refractivity contribution < 1.29 is 4.79 Å². The Hall–Kier alpha value is -2.55. The Morgan fingerprint density at radius 1 is 1.00 bits per heavy atom. The Labute approximate surface area is 117 Å². The molecule has 1 N–H and O–H groups in total. The molecule has 3 heteroatoms. The summed E-state index contributed by atoms with van der Waals surface area (Å²) in [4.78, 5) is 12.5. The van der Waals surface area contributed by atoms with Crippen LogP contribution in [0.1, 0.15) is 16.1 Å². The quantitative estimate of drug-likeness (QED) is 0.751. The monoisotopic (exact) mass is 264 g/mol. The van der Waals surface area contributed by atoms with Gasteiger partial charge in [-0.15, -0.1) is 0 Å². The van der Waals surface area contributed by atoms with Gasteiger partial charge in [0.1, 0.15) is 5.69 Å². The summed E-state index contributed by atoms with van der Waals surface area (Å²) in [6.07, 6.45) is 0. The zero-order valence-electron chi connectivity index (χ0n) is 11.6. The highest BCUT2D eigenvalue weighted by Gasteiger charge is 2.17. The highest BCUT2D eigenvalue weighted by atomic mass is 16.1. The van der Waals surface area contributed by atoms with Crippen LogP contribution in [0.15, 0.2) is 54.6 Å². The van der Waals surface area contributed by atoms with E-state index in [9.17, 15) is 4.79 Å². The molecular weight excluding hydrogens is 248 g/mol. The fraction of sp³-hybridized carbons (Fsp3) is 0.118. The number of rotatable bonds is 2. The van der Waals surface area contributed by atoms with Crippen LogP contribution in [0.5, 0.6) is 0 Å². The highest BCUT2D eigenvalue weighted by molar-refractivity contribution is 6.08. The predicted octanol–water partition coefficient (Wildman–Crippen LogP) is 3.74. The van der Waals surface area contributed by atoms with Gasteiger partial charge >= 0.3 is 0 Å². The zero-order valence-corrected chi connectivity index (χ0v) is 11.6. The molecule has 3 nitrogen and oxygen atoms in total. The molecule has 100 valence electrons. The van der Waals surface area contributed by atoms with Crippen molar-refractivity contribution in [1.82, 2.24) is 4.57 Å². The highest BCUT2D eigenvalue weighted by Crippen LogP contribution is 2.25. The van der Waals surface area contributed by atoms with Crippen LogP contribution in [0.25, 0.3) is 10.9 Å². The molecule has 0 saturated carbocycles. The maximum absolute atomic E-state index is 12.5. The molecule has 0 aliphatic carbocycles. The SMILES string of the molecule is Cc1c(C(=O)Nc2ccccc2)n(C)c2ccccc12. The summed E-state index contributed by atoms with van der Waals surface area (Å²) < 4.78 is 1.95. The number of amides is 1. The van der Waals surface area contributed by atoms with Gasteiger partial charge < -0.3 is 9.88 Å². The van der Waals surface area contributed by atoms with E-state index in [0.717, 1.165) is 22.2 Å². The molecule has 0 bridgehead atoms. The Morgan fingerprint density at radius 3 is 2.35 bits per heavy atom. The summed E-state index contributed by atoms with van der Waals surface area (Å²) in [5.41, 5.74) is 3.59. The van der Waals surface area contributed by atoms with E-state index in [4.69, 9.17) is 0 Å². The second-order valence-corrected chi connectivity index (χ2v) is 4.87. The molecule has 1 amide bonds. The van der Waals surface area contributed by atoms with Gasteiger partial charge in [0.25, 0.3) is 5.91 Å². The molecule has 3 aromatic rings. The fourth-order valence-electron chi connectivity index (χ4n) is 2.62. The molecular formula is C17H16N2O. The van der Waals surface area contributed by atoms with E-state index in [2.05, 4.69) is 5.32 Å². The smallest absolute Gasteiger partial charge is 0.272 e. The number of para-hydroxylation sites is 2.